The molecule has 1 aliphatic rings. The van der Waals surface area contributed by atoms with Crippen molar-refractivity contribution in [3.63, 3.8) is 0 Å². The summed E-state index contributed by atoms with van der Waals surface area (Å²) in [5.74, 6) is -1.79. The van der Waals surface area contributed by atoms with Crippen LogP contribution in [0.25, 0.3) is 11.2 Å². The molecule has 0 bridgehead atoms. The molecule has 19 heteroatoms. The van der Waals surface area contributed by atoms with Crippen molar-refractivity contribution in [2.75, 3.05) is 11.9 Å². The monoisotopic (exact) mass is 677 g/mol. The van der Waals surface area contributed by atoms with Gasteiger partial charge in [0.15, 0.2) is 12.3 Å². The molecular weight excluding hydrogens is 650 g/mol. The lowest BCUT2D eigenvalue weighted by molar-refractivity contribution is -0.136. The van der Waals surface area contributed by atoms with Gasteiger partial charge in [-0.2, -0.15) is 36.3 Å². The molecule has 1 aromatic carbocycles. The van der Waals surface area contributed by atoms with Gasteiger partial charge in [0.2, 0.25) is 17.6 Å². The summed E-state index contributed by atoms with van der Waals surface area (Å²) in [5.41, 5.74) is -1.12. The smallest absolute Gasteiger partial charge is 0.418 e. The number of anilines is 2. The predicted molar refractivity (Wildman–Crippen MR) is 149 cm³/mol. The van der Waals surface area contributed by atoms with E-state index in [1.165, 1.54) is 30.5 Å². The Bertz CT molecular complexity index is 1640. The maximum atomic E-state index is 13.8. The third-order valence-electron chi connectivity index (χ3n) is 6.73. The topological polar surface area (TPSA) is 147 Å². The number of carbonyl (C=O) groups is 2. The number of pyridine rings is 1. The van der Waals surface area contributed by atoms with Gasteiger partial charge in [-0.25, -0.2) is 8.78 Å². The maximum absolute atomic E-state index is 13.8. The number of nitrogens with zero attached hydrogens (tertiary/aromatic N) is 3. The predicted octanol–water partition coefficient (Wildman–Crippen LogP) is 6.52. The van der Waals surface area contributed by atoms with E-state index in [-0.39, 0.29) is 52.6 Å². The van der Waals surface area contributed by atoms with E-state index in [0.29, 0.717) is 5.56 Å². The normalized spacial score (nSPS) is 13.7. The summed E-state index contributed by atoms with van der Waals surface area (Å²) in [6.07, 6.45) is -1.80. The molecule has 1 fully saturated rings. The molecule has 4 N–H and O–H groups in total. The summed E-state index contributed by atoms with van der Waals surface area (Å²) in [6, 6.07) is 5.79. The summed E-state index contributed by atoms with van der Waals surface area (Å²) in [4.78, 5) is 36.2. The van der Waals surface area contributed by atoms with Gasteiger partial charge in [-0.05, 0) is 36.6 Å². The Balaban J connectivity index is 0.00000118. The standard InChI is InChI=1S/C27H26F5N7O4.CHF3/c28-21(29)13-42-25-16(23(40)35-15-4-2-1-3-5-15)11-19-22(38-25)39-26(37-19)36-18-10-14(6-7-17(18)27(30,31)32)12-33-24(41)20-8-9-34-43-20;2-1(3)4/h6-11,15,21H,1-5,12-13H2,(H,33,41)(H,35,40)(H2,36,37,38,39);1H. The third kappa shape index (κ3) is 10.0. The average Bonchev–Trinajstić information content (AvgIpc) is 3.68. The number of hydrogen-bond acceptors (Lipinski definition) is 8. The highest BCUT2D eigenvalue weighted by atomic mass is 19.4. The van der Waals surface area contributed by atoms with Crippen LogP contribution in [0.15, 0.2) is 41.1 Å². The van der Waals surface area contributed by atoms with Crippen molar-refractivity contribution in [2.45, 2.75) is 64.0 Å². The minimum atomic E-state index is -4.74. The van der Waals surface area contributed by atoms with Gasteiger partial charge in [0.25, 0.3) is 18.2 Å². The van der Waals surface area contributed by atoms with Crippen LogP contribution >= 0.6 is 0 Å². The SMILES string of the molecule is FC(F)F.O=C(NCc1ccc(C(F)(F)F)c(Nc2nc3nc(OCC(F)F)c(C(=O)NC4CCCCC4)cc3[nH]2)c1)c1ccno1. The van der Waals surface area contributed by atoms with E-state index in [1.807, 2.05) is 0 Å². The zero-order chi connectivity index (χ0) is 34.1. The number of ether oxygens (including phenoxy) is 1. The molecule has 2 amide bonds. The van der Waals surface area contributed by atoms with Gasteiger partial charge in [-0.1, -0.05) is 30.5 Å². The molecule has 0 radical (unpaired) electrons. The number of alkyl halides is 8. The summed E-state index contributed by atoms with van der Waals surface area (Å²) < 4.78 is 106. The molecule has 0 unspecified atom stereocenters. The van der Waals surface area contributed by atoms with Crippen molar-refractivity contribution in [1.29, 1.82) is 0 Å². The lowest BCUT2D eigenvalue weighted by Gasteiger charge is -2.23. The van der Waals surface area contributed by atoms with Gasteiger partial charge in [-0.3, -0.25) is 9.59 Å². The highest BCUT2D eigenvalue weighted by Gasteiger charge is 2.34. The van der Waals surface area contributed by atoms with Gasteiger partial charge in [0, 0.05) is 18.7 Å². The van der Waals surface area contributed by atoms with E-state index in [2.05, 4.69) is 36.1 Å². The number of aromatic nitrogens is 4. The zero-order valence-electron chi connectivity index (χ0n) is 24.1. The number of hydrogen-bond donors (Lipinski definition) is 4. The Labute approximate surface area is 260 Å². The van der Waals surface area contributed by atoms with E-state index in [1.54, 1.807) is 0 Å². The molecule has 3 aromatic heterocycles. The first-order chi connectivity index (χ1) is 22.3. The van der Waals surface area contributed by atoms with Crippen LogP contribution in [-0.4, -0.2) is 57.7 Å². The number of nitrogens with one attached hydrogen (secondary N) is 4. The molecular formula is C28H27F8N7O4. The number of halogens is 8. The van der Waals surface area contributed by atoms with Crippen LogP contribution < -0.4 is 20.7 Å². The molecule has 5 rings (SSSR count). The van der Waals surface area contributed by atoms with Crippen LogP contribution in [0.4, 0.5) is 46.8 Å². The molecule has 3 heterocycles. The molecule has 4 aromatic rings. The number of aromatic amines is 1. The number of amides is 2. The summed E-state index contributed by atoms with van der Waals surface area (Å²) in [5, 5.41) is 11.4. The lowest BCUT2D eigenvalue weighted by Crippen LogP contribution is -2.36. The van der Waals surface area contributed by atoms with Crippen molar-refractivity contribution in [1.82, 2.24) is 30.7 Å². The molecule has 0 atom stereocenters. The van der Waals surface area contributed by atoms with Crippen LogP contribution in [0.3, 0.4) is 0 Å². The van der Waals surface area contributed by atoms with E-state index >= 15 is 0 Å². The quantitative estimate of drug-likeness (QED) is 0.139. The van der Waals surface area contributed by atoms with Gasteiger partial charge in [0.05, 0.1) is 23.0 Å². The molecule has 0 aliphatic heterocycles. The average molecular weight is 678 g/mol. The third-order valence-corrected chi connectivity index (χ3v) is 6.73. The minimum Gasteiger partial charge on any atom is -0.471 e. The largest absolute Gasteiger partial charge is 0.471 e. The fourth-order valence-corrected chi connectivity index (χ4v) is 4.69. The summed E-state index contributed by atoms with van der Waals surface area (Å²) >= 11 is 0. The second-order valence-electron chi connectivity index (χ2n) is 10.1. The molecule has 1 aliphatic carbocycles. The van der Waals surface area contributed by atoms with Gasteiger partial charge >= 0.3 is 12.9 Å². The van der Waals surface area contributed by atoms with Crippen LogP contribution in [0.5, 0.6) is 5.88 Å². The Hall–Kier alpha value is -4.97. The van der Waals surface area contributed by atoms with Gasteiger partial charge in [-0.15, -0.1) is 0 Å². The maximum Gasteiger partial charge on any atom is 0.418 e. The van der Waals surface area contributed by atoms with E-state index in [4.69, 9.17) is 9.26 Å². The number of benzene rings is 1. The number of imidazole rings is 1. The van der Waals surface area contributed by atoms with E-state index < -0.39 is 43.3 Å². The van der Waals surface area contributed by atoms with E-state index in [0.717, 1.165) is 38.2 Å². The van der Waals surface area contributed by atoms with Crippen molar-refractivity contribution in [2.24, 2.45) is 0 Å². The van der Waals surface area contributed by atoms with Crippen molar-refractivity contribution in [3.8, 4) is 5.88 Å². The molecule has 254 valence electrons. The number of fused-ring (bicyclic) bond motifs is 1. The first-order valence-corrected chi connectivity index (χ1v) is 14.0. The Kier molecular flexibility index (Phi) is 11.5. The van der Waals surface area contributed by atoms with Gasteiger partial charge in [0.1, 0.15) is 5.56 Å². The Morgan fingerprint density at radius 3 is 2.36 bits per heavy atom. The van der Waals surface area contributed by atoms with Crippen LogP contribution in [-0.2, 0) is 12.7 Å². The molecule has 11 nitrogen and oxygen atoms in total. The van der Waals surface area contributed by atoms with Crippen LogP contribution in [0.2, 0.25) is 0 Å². The Morgan fingerprint density at radius 1 is 1.00 bits per heavy atom. The summed E-state index contributed by atoms with van der Waals surface area (Å²) in [6.45, 7) is -4.81. The lowest BCUT2D eigenvalue weighted by atomic mass is 9.95. The first kappa shape index (κ1) is 34.9. The molecule has 1 saturated carbocycles. The second kappa shape index (κ2) is 15.5. The number of rotatable bonds is 10. The summed E-state index contributed by atoms with van der Waals surface area (Å²) in [7, 11) is 0. The fraction of sp³-hybridized carbons (Fsp3) is 0.393. The number of H-pyrrole nitrogens is 1. The molecule has 47 heavy (non-hydrogen) atoms. The molecule has 0 spiro atoms. The van der Waals surface area contributed by atoms with Gasteiger partial charge < -0.3 is 30.2 Å². The van der Waals surface area contributed by atoms with E-state index in [9.17, 15) is 44.7 Å². The van der Waals surface area contributed by atoms with Crippen LogP contribution in [0.1, 0.15) is 64.1 Å². The van der Waals surface area contributed by atoms with Crippen molar-refractivity contribution in [3.05, 3.63) is 59.0 Å². The Morgan fingerprint density at radius 2 is 1.72 bits per heavy atom. The van der Waals surface area contributed by atoms with Crippen molar-refractivity contribution < 1.29 is 54.0 Å². The minimum absolute atomic E-state index is 0.0660. The number of carbonyl (C=O) groups excluding carboxylic acids is 2. The molecule has 0 saturated heterocycles. The second-order valence-corrected chi connectivity index (χ2v) is 10.1. The first-order valence-electron chi connectivity index (χ1n) is 14.0. The fourth-order valence-electron chi connectivity index (χ4n) is 4.69. The van der Waals surface area contributed by atoms with Crippen molar-refractivity contribution >= 4 is 34.6 Å². The highest BCUT2D eigenvalue weighted by Crippen LogP contribution is 2.37. The van der Waals surface area contributed by atoms with Crippen LogP contribution in [0, 0.1) is 0 Å². The highest BCUT2D eigenvalue weighted by molar-refractivity contribution is 5.99. The zero-order valence-corrected chi connectivity index (χ0v) is 24.1.